The molecule has 0 aliphatic carbocycles. The van der Waals surface area contributed by atoms with E-state index in [4.69, 9.17) is 0 Å². The number of hydrogen-bond acceptors (Lipinski definition) is 3. The van der Waals surface area contributed by atoms with E-state index >= 15 is 0 Å². The molecule has 0 atom stereocenters. The standard InChI is InChI=1S/C19H22F2N2O3S/c1-5-23(14-8-11-16(20)17(21)12-14)18(24)13-6-9-15(10-7-13)27(25,26)22-19(2,3)4/h6-12,22H,5H2,1-4H3. The Kier molecular flexibility index (Phi) is 6.01. The molecule has 0 saturated carbocycles. The van der Waals surface area contributed by atoms with E-state index in [1.807, 2.05) is 0 Å². The first-order valence-electron chi connectivity index (χ1n) is 8.35. The molecule has 0 radical (unpaired) electrons. The summed E-state index contributed by atoms with van der Waals surface area (Å²) in [5.74, 6) is -2.49. The third kappa shape index (κ3) is 5.11. The van der Waals surface area contributed by atoms with Crippen molar-refractivity contribution in [3.63, 3.8) is 0 Å². The minimum Gasteiger partial charge on any atom is -0.309 e. The number of nitrogens with one attached hydrogen (secondary N) is 1. The van der Waals surface area contributed by atoms with Crippen molar-refractivity contribution in [1.29, 1.82) is 0 Å². The van der Waals surface area contributed by atoms with E-state index in [9.17, 15) is 22.0 Å². The minimum absolute atomic E-state index is 0.0323. The van der Waals surface area contributed by atoms with Crippen molar-refractivity contribution in [3.05, 3.63) is 59.7 Å². The lowest BCUT2D eigenvalue weighted by atomic mass is 10.1. The van der Waals surface area contributed by atoms with Crippen molar-refractivity contribution in [2.24, 2.45) is 0 Å². The number of carbonyl (C=O) groups excluding carboxylic acids is 1. The van der Waals surface area contributed by atoms with E-state index in [-0.39, 0.29) is 22.7 Å². The maximum absolute atomic E-state index is 13.5. The van der Waals surface area contributed by atoms with Crippen LogP contribution in [0.1, 0.15) is 38.1 Å². The van der Waals surface area contributed by atoms with Crippen LogP contribution in [0.2, 0.25) is 0 Å². The van der Waals surface area contributed by atoms with Crippen LogP contribution in [0.4, 0.5) is 14.5 Å². The second-order valence-electron chi connectivity index (χ2n) is 7.03. The summed E-state index contributed by atoms with van der Waals surface area (Å²) in [6.45, 7) is 7.11. The molecule has 0 aromatic heterocycles. The molecule has 5 nitrogen and oxygen atoms in total. The molecule has 0 saturated heterocycles. The largest absolute Gasteiger partial charge is 0.309 e. The van der Waals surface area contributed by atoms with Gasteiger partial charge in [0.15, 0.2) is 11.6 Å². The molecule has 0 bridgehead atoms. The van der Waals surface area contributed by atoms with Gasteiger partial charge in [-0.2, -0.15) is 0 Å². The van der Waals surface area contributed by atoms with Gasteiger partial charge in [-0.3, -0.25) is 4.79 Å². The number of rotatable bonds is 5. The predicted octanol–water partition coefficient (Wildman–Crippen LogP) is 3.71. The van der Waals surface area contributed by atoms with Gasteiger partial charge in [0.2, 0.25) is 10.0 Å². The molecular weight excluding hydrogens is 374 g/mol. The van der Waals surface area contributed by atoms with E-state index < -0.39 is 33.1 Å². The van der Waals surface area contributed by atoms with Gasteiger partial charge in [0.25, 0.3) is 5.91 Å². The monoisotopic (exact) mass is 396 g/mol. The molecule has 27 heavy (non-hydrogen) atoms. The lowest BCUT2D eigenvalue weighted by Gasteiger charge is -2.22. The fourth-order valence-corrected chi connectivity index (χ4v) is 3.91. The van der Waals surface area contributed by atoms with Gasteiger partial charge in [-0.15, -0.1) is 0 Å². The number of sulfonamides is 1. The topological polar surface area (TPSA) is 66.5 Å². The molecular formula is C19H22F2N2O3S. The lowest BCUT2D eigenvalue weighted by molar-refractivity contribution is 0.0988. The predicted molar refractivity (Wildman–Crippen MR) is 100 cm³/mol. The molecule has 0 aliphatic heterocycles. The van der Waals surface area contributed by atoms with Crippen molar-refractivity contribution < 1.29 is 22.0 Å². The Hall–Kier alpha value is -2.32. The van der Waals surface area contributed by atoms with E-state index in [1.165, 1.54) is 35.2 Å². The Morgan fingerprint density at radius 1 is 1.04 bits per heavy atom. The minimum atomic E-state index is -3.71. The molecule has 8 heteroatoms. The van der Waals surface area contributed by atoms with Gasteiger partial charge >= 0.3 is 0 Å². The first kappa shape index (κ1) is 21.0. The summed E-state index contributed by atoms with van der Waals surface area (Å²) in [4.78, 5) is 14.0. The van der Waals surface area contributed by atoms with Gasteiger partial charge in [-0.05, 0) is 64.1 Å². The summed E-state index contributed by atoms with van der Waals surface area (Å²) in [6, 6.07) is 8.66. The zero-order valence-corrected chi connectivity index (χ0v) is 16.4. The quantitative estimate of drug-likeness (QED) is 0.838. The lowest BCUT2D eigenvalue weighted by Crippen LogP contribution is -2.40. The molecule has 2 aromatic rings. The van der Waals surface area contributed by atoms with Gasteiger partial charge in [0.05, 0.1) is 4.90 Å². The summed E-state index contributed by atoms with van der Waals surface area (Å²) >= 11 is 0. The van der Waals surface area contributed by atoms with Crippen molar-refractivity contribution in [1.82, 2.24) is 4.72 Å². The smallest absolute Gasteiger partial charge is 0.258 e. The highest BCUT2D eigenvalue weighted by molar-refractivity contribution is 7.89. The van der Waals surface area contributed by atoms with Crippen LogP contribution in [0.5, 0.6) is 0 Å². The first-order chi connectivity index (χ1) is 12.4. The number of halogens is 2. The molecule has 146 valence electrons. The van der Waals surface area contributed by atoms with Crippen LogP contribution in [0.3, 0.4) is 0 Å². The van der Waals surface area contributed by atoms with Crippen molar-refractivity contribution in [3.8, 4) is 0 Å². The first-order valence-corrected chi connectivity index (χ1v) is 9.84. The molecule has 1 N–H and O–H groups in total. The van der Waals surface area contributed by atoms with Crippen LogP contribution >= 0.6 is 0 Å². The molecule has 0 heterocycles. The average Bonchev–Trinajstić information content (AvgIpc) is 2.56. The summed E-state index contributed by atoms with van der Waals surface area (Å²) in [5, 5.41) is 0. The normalized spacial score (nSPS) is 12.1. The maximum atomic E-state index is 13.5. The number of nitrogens with zero attached hydrogens (tertiary/aromatic N) is 1. The number of carbonyl (C=O) groups is 1. The molecule has 1 amide bonds. The Labute approximate surface area is 158 Å². The number of amides is 1. The van der Waals surface area contributed by atoms with E-state index in [0.29, 0.717) is 0 Å². The van der Waals surface area contributed by atoms with Gasteiger partial charge in [-0.1, -0.05) is 0 Å². The maximum Gasteiger partial charge on any atom is 0.258 e. The van der Waals surface area contributed by atoms with Crippen LogP contribution in [-0.4, -0.2) is 26.4 Å². The van der Waals surface area contributed by atoms with Crippen LogP contribution < -0.4 is 9.62 Å². The second-order valence-corrected chi connectivity index (χ2v) is 8.71. The van der Waals surface area contributed by atoms with Crippen LogP contribution in [0, 0.1) is 11.6 Å². The van der Waals surface area contributed by atoms with Gasteiger partial charge in [0, 0.05) is 29.4 Å². The fourth-order valence-electron chi connectivity index (χ4n) is 2.49. The summed E-state index contributed by atoms with van der Waals surface area (Å²) in [5.41, 5.74) is -0.192. The third-order valence-electron chi connectivity index (χ3n) is 3.63. The third-order valence-corrected chi connectivity index (χ3v) is 5.40. The number of hydrogen-bond donors (Lipinski definition) is 1. The number of anilines is 1. The summed E-state index contributed by atoms with van der Waals surface area (Å²) < 4.78 is 53.8. The Morgan fingerprint density at radius 3 is 2.11 bits per heavy atom. The van der Waals surface area contributed by atoms with Gasteiger partial charge in [-0.25, -0.2) is 21.9 Å². The molecule has 0 aliphatic rings. The van der Waals surface area contributed by atoms with Crippen LogP contribution in [0.15, 0.2) is 47.4 Å². The Morgan fingerprint density at radius 2 is 1.63 bits per heavy atom. The highest BCUT2D eigenvalue weighted by atomic mass is 32.2. The molecule has 2 aromatic carbocycles. The molecule has 0 fully saturated rings. The fraction of sp³-hybridized carbons (Fsp3) is 0.316. The Bertz CT molecular complexity index is 936. The molecule has 0 unspecified atom stereocenters. The highest BCUT2D eigenvalue weighted by Gasteiger charge is 2.23. The SMILES string of the molecule is CCN(C(=O)c1ccc(S(=O)(=O)NC(C)(C)C)cc1)c1ccc(F)c(F)c1. The zero-order chi connectivity index (χ0) is 20.4. The van der Waals surface area contributed by atoms with Crippen LogP contribution in [0.25, 0.3) is 0 Å². The number of benzene rings is 2. The molecule has 2 rings (SSSR count). The van der Waals surface area contributed by atoms with Crippen LogP contribution in [-0.2, 0) is 10.0 Å². The summed E-state index contributed by atoms with van der Waals surface area (Å²) in [6.07, 6.45) is 0. The Balaban J connectivity index is 2.29. The highest BCUT2D eigenvalue weighted by Crippen LogP contribution is 2.21. The van der Waals surface area contributed by atoms with E-state index in [1.54, 1.807) is 27.7 Å². The summed E-state index contributed by atoms with van der Waals surface area (Å²) in [7, 11) is -3.71. The molecule has 0 spiro atoms. The van der Waals surface area contributed by atoms with E-state index in [0.717, 1.165) is 12.1 Å². The van der Waals surface area contributed by atoms with Crippen molar-refractivity contribution >= 4 is 21.6 Å². The van der Waals surface area contributed by atoms with Crippen molar-refractivity contribution in [2.75, 3.05) is 11.4 Å². The second kappa shape index (κ2) is 7.74. The average molecular weight is 396 g/mol. The van der Waals surface area contributed by atoms with Gasteiger partial charge < -0.3 is 4.90 Å². The van der Waals surface area contributed by atoms with E-state index in [2.05, 4.69) is 4.72 Å². The van der Waals surface area contributed by atoms with Crippen molar-refractivity contribution in [2.45, 2.75) is 38.1 Å². The van der Waals surface area contributed by atoms with Gasteiger partial charge in [0.1, 0.15) is 0 Å². The zero-order valence-electron chi connectivity index (χ0n) is 15.6.